The van der Waals surface area contributed by atoms with Gasteiger partial charge in [0.2, 0.25) is 10.0 Å². The fourth-order valence-electron chi connectivity index (χ4n) is 2.31. The molecule has 1 rings (SSSR count). The third-order valence-corrected chi connectivity index (χ3v) is 5.30. The van der Waals surface area contributed by atoms with Crippen molar-refractivity contribution in [1.82, 2.24) is 9.21 Å². The topological polar surface area (TPSA) is 60.9 Å². The van der Waals surface area contributed by atoms with Gasteiger partial charge in [-0.25, -0.2) is 12.8 Å². The minimum absolute atomic E-state index is 0.250. The van der Waals surface area contributed by atoms with Crippen molar-refractivity contribution in [1.29, 1.82) is 0 Å². The number of rotatable bonds is 7. The van der Waals surface area contributed by atoms with Crippen LogP contribution >= 0.6 is 0 Å². The summed E-state index contributed by atoms with van der Waals surface area (Å²) in [4.78, 5) is 1.49. The SMILES string of the molecule is CCN(C(C)CN(C)C)S(=O)(=O)c1cc(CO)ccc1F. The fourth-order valence-corrected chi connectivity index (χ4v) is 4.06. The van der Waals surface area contributed by atoms with Crippen LogP contribution in [0, 0.1) is 5.82 Å². The molecule has 7 heteroatoms. The van der Waals surface area contributed by atoms with Crippen molar-refractivity contribution in [2.24, 2.45) is 0 Å². The van der Waals surface area contributed by atoms with Crippen LogP contribution in [-0.2, 0) is 16.6 Å². The Morgan fingerprint density at radius 3 is 2.43 bits per heavy atom. The van der Waals surface area contributed by atoms with Gasteiger partial charge in [-0.1, -0.05) is 13.0 Å². The van der Waals surface area contributed by atoms with Crippen LogP contribution in [0.1, 0.15) is 19.4 Å². The van der Waals surface area contributed by atoms with Crippen molar-refractivity contribution in [3.05, 3.63) is 29.6 Å². The van der Waals surface area contributed by atoms with E-state index in [1.54, 1.807) is 13.8 Å². The Morgan fingerprint density at radius 2 is 1.95 bits per heavy atom. The van der Waals surface area contributed by atoms with E-state index in [1.165, 1.54) is 16.4 Å². The first-order valence-corrected chi connectivity index (χ1v) is 8.23. The fraction of sp³-hybridized carbons (Fsp3) is 0.571. The van der Waals surface area contributed by atoms with Crippen molar-refractivity contribution in [3.8, 4) is 0 Å². The number of benzene rings is 1. The molecule has 0 fully saturated rings. The zero-order valence-electron chi connectivity index (χ0n) is 12.9. The maximum atomic E-state index is 13.9. The van der Waals surface area contributed by atoms with Gasteiger partial charge in [0.15, 0.2) is 0 Å². The summed E-state index contributed by atoms with van der Waals surface area (Å²) in [5.74, 6) is -0.803. The van der Waals surface area contributed by atoms with Gasteiger partial charge in [0.05, 0.1) is 6.61 Å². The minimum Gasteiger partial charge on any atom is -0.392 e. The van der Waals surface area contributed by atoms with Crippen LogP contribution in [0.5, 0.6) is 0 Å². The van der Waals surface area contributed by atoms with Crippen molar-refractivity contribution in [2.75, 3.05) is 27.2 Å². The summed E-state index contributed by atoms with van der Waals surface area (Å²) < 4.78 is 40.5. The van der Waals surface area contributed by atoms with Crippen LogP contribution in [0.4, 0.5) is 4.39 Å². The standard InChI is InChI=1S/C14H23FN2O3S/c1-5-17(11(2)9-16(3)4)21(19,20)14-8-12(10-18)6-7-13(14)15/h6-8,11,18H,5,9-10H2,1-4H3. The predicted octanol–water partition coefficient (Wildman–Crippen LogP) is 1.28. The minimum atomic E-state index is -3.94. The molecule has 0 aliphatic rings. The van der Waals surface area contributed by atoms with Gasteiger partial charge in [-0.15, -0.1) is 0 Å². The molecular weight excluding hydrogens is 295 g/mol. The average Bonchev–Trinajstić information content (AvgIpc) is 2.38. The second-order valence-electron chi connectivity index (χ2n) is 5.24. The van der Waals surface area contributed by atoms with Gasteiger partial charge in [-0.05, 0) is 38.7 Å². The van der Waals surface area contributed by atoms with E-state index in [9.17, 15) is 12.8 Å². The molecule has 0 heterocycles. The molecule has 0 aromatic heterocycles. The van der Waals surface area contributed by atoms with E-state index in [1.807, 2.05) is 19.0 Å². The quantitative estimate of drug-likeness (QED) is 0.823. The molecule has 0 aliphatic carbocycles. The third-order valence-electron chi connectivity index (χ3n) is 3.20. The van der Waals surface area contributed by atoms with Crippen LogP contribution in [0.3, 0.4) is 0 Å². The monoisotopic (exact) mass is 318 g/mol. The van der Waals surface area contributed by atoms with E-state index in [-0.39, 0.29) is 24.1 Å². The molecule has 21 heavy (non-hydrogen) atoms. The van der Waals surface area contributed by atoms with E-state index in [0.29, 0.717) is 12.1 Å². The Morgan fingerprint density at radius 1 is 1.33 bits per heavy atom. The van der Waals surface area contributed by atoms with E-state index in [4.69, 9.17) is 5.11 Å². The molecule has 0 saturated heterocycles. The number of nitrogens with zero attached hydrogens (tertiary/aromatic N) is 2. The predicted molar refractivity (Wildman–Crippen MR) is 79.9 cm³/mol. The Balaban J connectivity index is 3.24. The Labute approximate surface area is 126 Å². The maximum absolute atomic E-state index is 13.9. The molecule has 0 spiro atoms. The second kappa shape index (κ2) is 7.31. The van der Waals surface area contributed by atoms with E-state index in [2.05, 4.69) is 0 Å². The first kappa shape index (κ1) is 18.0. The first-order valence-electron chi connectivity index (χ1n) is 6.79. The van der Waals surface area contributed by atoms with Crippen molar-refractivity contribution < 1.29 is 17.9 Å². The lowest BCUT2D eigenvalue weighted by Gasteiger charge is -2.29. The van der Waals surface area contributed by atoms with Crippen molar-refractivity contribution in [3.63, 3.8) is 0 Å². The van der Waals surface area contributed by atoms with Crippen molar-refractivity contribution >= 4 is 10.0 Å². The lowest BCUT2D eigenvalue weighted by atomic mass is 10.2. The molecule has 1 aromatic rings. The Bertz CT molecular complexity index is 576. The highest BCUT2D eigenvalue weighted by Gasteiger charge is 2.30. The first-order chi connectivity index (χ1) is 9.73. The summed E-state index contributed by atoms with van der Waals surface area (Å²) in [5, 5.41) is 9.11. The summed E-state index contributed by atoms with van der Waals surface area (Å²) in [5.41, 5.74) is 0.367. The molecule has 5 nitrogen and oxygen atoms in total. The summed E-state index contributed by atoms with van der Waals surface area (Å²) in [6.45, 7) is 3.96. The van der Waals surface area contributed by atoms with Crippen LogP contribution in [0.2, 0.25) is 0 Å². The third kappa shape index (κ3) is 4.23. The number of halogens is 1. The van der Waals surface area contributed by atoms with Gasteiger partial charge in [0.25, 0.3) is 0 Å². The van der Waals surface area contributed by atoms with Crippen molar-refractivity contribution in [2.45, 2.75) is 31.4 Å². The van der Waals surface area contributed by atoms with E-state index in [0.717, 1.165) is 6.07 Å². The zero-order valence-corrected chi connectivity index (χ0v) is 13.7. The van der Waals surface area contributed by atoms with Crippen LogP contribution in [0.25, 0.3) is 0 Å². The molecule has 0 aliphatic heterocycles. The molecule has 0 amide bonds. The smallest absolute Gasteiger partial charge is 0.246 e. The van der Waals surface area contributed by atoms with Gasteiger partial charge >= 0.3 is 0 Å². The largest absolute Gasteiger partial charge is 0.392 e. The number of aliphatic hydroxyl groups is 1. The number of hydrogen-bond acceptors (Lipinski definition) is 4. The summed E-state index contributed by atoms with van der Waals surface area (Å²) in [6, 6.07) is 3.35. The lowest BCUT2D eigenvalue weighted by Crippen LogP contribution is -2.43. The van der Waals surface area contributed by atoms with Gasteiger partial charge in [-0.3, -0.25) is 0 Å². The highest BCUT2D eigenvalue weighted by molar-refractivity contribution is 7.89. The summed E-state index contributed by atoms with van der Waals surface area (Å²) in [7, 11) is -0.236. The van der Waals surface area contributed by atoms with Gasteiger partial charge in [0.1, 0.15) is 10.7 Å². The van der Waals surface area contributed by atoms with E-state index < -0.39 is 15.8 Å². The van der Waals surface area contributed by atoms with Crippen LogP contribution < -0.4 is 0 Å². The number of aliphatic hydroxyl groups excluding tert-OH is 1. The molecule has 0 bridgehead atoms. The van der Waals surface area contributed by atoms with Crippen LogP contribution in [0.15, 0.2) is 23.1 Å². The highest BCUT2D eigenvalue weighted by Crippen LogP contribution is 2.22. The average molecular weight is 318 g/mol. The molecular formula is C14H23FN2O3S. The molecule has 1 atom stereocenters. The Kier molecular flexibility index (Phi) is 6.27. The number of hydrogen-bond donors (Lipinski definition) is 1. The second-order valence-corrected chi connectivity index (χ2v) is 7.10. The molecule has 120 valence electrons. The normalized spacial score (nSPS) is 13.9. The zero-order chi connectivity index (χ0) is 16.2. The van der Waals surface area contributed by atoms with Gasteiger partial charge in [0, 0.05) is 19.1 Å². The molecule has 1 N–H and O–H groups in total. The molecule has 0 radical (unpaired) electrons. The van der Waals surface area contributed by atoms with E-state index >= 15 is 0 Å². The number of sulfonamides is 1. The van der Waals surface area contributed by atoms with Gasteiger partial charge < -0.3 is 10.0 Å². The highest BCUT2D eigenvalue weighted by atomic mass is 32.2. The molecule has 0 saturated carbocycles. The lowest BCUT2D eigenvalue weighted by molar-refractivity contribution is 0.270. The maximum Gasteiger partial charge on any atom is 0.246 e. The Hall–Kier alpha value is -1.02. The summed E-state index contributed by atoms with van der Waals surface area (Å²) >= 11 is 0. The summed E-state index contributed by atoms with van der Waals surface area (Å²) in [6.07, 6.45) is 0. The van der Waals surface area contributed by atoms with Gasteiger partial charge in [-0.2, -0.15) is 4.31 Å². The molecule has 1 aromatic carbocycles. The number of likely N-dealkylation sites (N-methyl/N-ethyl adjacent to an activating group) is 2. The molecule has 1 unspecified atom stereocenters. The van der Waals surface area contributed by atoms with Crippen LogP contribution in [-0.4, -0.2) is 56.0 Å².